The molecule has 0 atom stereocenters. The molecule has 6 nitrogen and oxygen atoms in total. The topological polar surface area (TPSA) is 78.5 Å². The van der Waals surface area contributed by atoms with Crippen LogP contribution in [-0.2, 0) is 14.4 Å². The maximum absolute atomic E-state index is 11.6. The van der Waals surface area contributed by atoms with Crippen molar-refractivity contribution in [2.45, 2.75) is 0 Å². The maximum atomic E-state index is 11.6. The van der Waals surface area contributed by atoms with Gasteiger partial charge >= 0.3 is 0 Å². The lowest BCUT2D eigenvalue weighted by Gasteiger charge is -2.21. The zero-order chi connectivity index (χ0) is 15.4. The summed E-state index contributed by atoms with van der Waals surface area (Å²) >= 11 is 0. The van der Waals surface area contributed by atoms with Crippen LogP contribution in [0.2, 0.25) is 0 Å². The first-order valence-electron chi connectivity index (χ1n) is 6.22. The Labute approximate surface area is 119 Å². The lowest BCUT2D eigenvalue weighted by Crippen LogP contribution is -2.41. The van der Waals surface area contributed by atoms with E-state index in [2.05, 4.69) is 30.4 Å². The summed E-state index contributed by atoms with van der Waals surface area (Å²) in [5.41, 5.74) is 0. The summed E-state index contributed by atoms with van der Waals surface area (Å²) in [6.07, 6.45) is 3.62. The Morgan fingerprint density at radius 3 is 2.15 bits per heavy atom. The van der Waals surface area contributed by atoms with Crippen molar-refractivity contribution in [3.63, 3.8) is 0 Å². The van der Waals surface area contributed by atoms with Crippen LogP contribution >= 0.6 is 0 Å². The Kier molecular flexibility index (Phi) is 9.51. The number of carbonyl (C=O) groups excluding carboxylic acids is 3. The second-order valence-corrected chi connectivity index (χ2v) is 3.87. The lowest BCUT2D eigenvalue weighted by atomic mass is 10.3. The quantitative estimate of drug-likeness (QED) is 0.400. The first-order chi connectivity index (χ1) is 9.54. The van der Waals surface area contributed by atoms with Crippen LogP contribution in [0.1, 0.15) is 0 Å². The van der Waals surface area contributed by atoms with Gasteiger partial charge in [0.1, 0.15) is 0 Å². The van der Waals surface area contributed by atoms with Crippen LogP contribution in [0.25, 0.3) is 0 Å². The summed E-state index contributed by atoms with van der Waals surface area (Å²) in [6, 6.07) is 0. The molecule has 2 N–H and O–H groups in total. The van der Waals surface area contributed by atoms with E-state index < -0.39 is 0 Å². The molecule has 6 heteroatoms. The molecular formula is C14H21N3O3. The summed E-state index contributed by atoms with van der Waals surface area (Å²) in [6.45, 7) is 11.9. The van der Waals surface area contributed by atoms with Crippen LogP contribution in [0.3, 0.4) is 0 Å². The molecule has 0 saturated carbocycles. The molecule has 0 radical (unpaired) electrons. The van der Waals surface area contributed by atoms with Crippen molar-refractivity contribution in [1.29, 1.82) is 0 Å². The van der Waals surface area contributed by atoms with E-state index in [1.54, 1.807) is 0 Å². The third-order valence-corrected chi connectivity index (χ3v) is 2.44. The van der Waals surface area contributed by atoms with Crippen molar-refractivity contribution in [2.24, 2.45) is 0 Å². The molecule has 0 unspecified atom stereocenters. The molecule has 0 bridgehead atoms. The molecule has 0 aliphatic heterocycles. The average molecular weight is 279 g/mol. The molecule has 0 aliphatic carbocycles. The highest BCUT2D eigenvalue weighted by atomic mass is 16.2. The molecule has 0 aromatic carbocycles. The van der Waals surface area contributed by atoms with E-state index in [0.717, 1.165) is 0 Å². The zero-order valence-electron chi connectivity index (χ0n) is 11.6. The number of hydrogen-bond donors (Lipinski definition) is 2. The van der Waals surface area contributed by atoms with E-state index in [9.17, 15) is 14.4 Å². The van der Waals surface area contributed by atoms with Gasteiger partial charge in [-0.2, -0.15) is 0 Å². The SMILES string of the molecule is C=CC(=O)CNCCN(CCNC(=O)C=C)C(=O)C=C. The van der Waals surface area contributed by atoms with Gasteiger partial charge < -0.3 is 15.5 Å². The van der Waals surface area contributed by atoms with Crippen LogP contribution in [0.15, 0.2) is 38.0 Å². The summed E-state index contributed by atoms with van der Waals surface area (Å²) in [5, 5.41) is 5.49. The molecule has 110 valence electrons. The van der Waals surface area contributed by atoms with Gasteiger partial charge in [-0.05, 0) is 18.2 Å². The van der Waals surface area contributed by atoms with Crippen LogP contribution in [0, 0.1) is 0 Å². The fraction of sp³-hybridized carbons (Fsp3) is 0.357. The van der Waals surface area contributed by atoms with Crippen molar-refractivity contribution in [1.82, 2.24) is 15.5 Å². The highest BCUT2D eigenvalue weighted by Gasteiger charge is 2.09. The second kappa shape index (κ2) is 10.7. The summed E-state index contributed by atoms with van der Waals surface area (Å²) in [5.74, 6) is -0.620. The molecule has 2 amide bonds. The Morgan fingerprint density at radius 2 is 1.60 bits per heavy atom. The summed E-state index contributed by atoms with van der Waals surface area (Å²) < 4.78 is 0. The monoisotopic (exact) mass is 279 g/mol. The third-order valence-electron chi connectivity index (χ3n) is 2.44. The van der Waals surface area contributed by atoms with E-state index in [1.807, 2.05) is 0 Å². The largest absolute Gasteiger partial charge is 0.351 e. The minimum atomic E-state index is -0.286. The molecular weight excluding hydrogens is 258 g/mol. The summed E-state index contributed by atoms with van der Waals surface area (Å²) in [7, 11) is 0. The zero-order valence-corrected chi connectivity index (χ0v) is 11.6. The molecule has 0 heterocycles. The summed E-state index contributed by atoms with van der Waals surface area (Å²) in [4.78, 5) is 35.1. The lowest BCUT2D eigenvalue weighted by molar-refractivity contribution is -0.126. The Bertz CT molecular complexity index is 391. The van der Waals surface area contributed by atoms with Crippen LogP contribution < -0.4 is 10.6 Å². The van der Waals surface area contributed by atoms with Gasteiger partial charge in [-0.3, -0.25) is 14.4 Å². The molecule has 0 saturated heterocycles. The minimum absolute atomic E-state index is 0.107. The Morgan fingerprint density at radius 1 is 0.950 bits per heavy atom. The molecule has 0 aliphatic rings. The number of amides is 2. The van der Waals surface area contributed by atoms with Crippen LogP contribution in [0.4, 0.5) is 0 Å². The molecule has 20 heavy (non-hydrogen) atoms. The highest BCUT2D eigenvalue weighted by Crippen LogP contribution is 1.90. The predicted octanol–water partition coefficient (Wildman–Crippen LogP) is -0.352. The Hall–Kier alpha value is -2.21. The van der Waals surface area contributed by atoms with E-state index in [-0.39, 0.29) is 24.1 Å². The Balaban J connectivity index is 4.08. The van der Waals surface area contributed by atoms with Gasteiger partial charge in [0.15, 0.2) is 5.78 Å². The molecule has 0 aromatic heterocycles. The highest BCUT2D eigenvalue weighted by molar-refractivity contribution is 5.90. The average Bonchev–Trinajstić information content (AvgIpc) is 2.47. The van der Waals surface area contributed by atoms with Crippen molar-refractivity contribution in [2.75, 3.05) is 32.7 Å². The number of ketones is 1. The van der Waals surface area contributed by atoms with Crippen LogP contribution in [-0.4, -0.2) is 55.2 Å². The smallest absolute Gasteiger partial charge is 0.246 e. The van der Waals surface area contributed by atoms with Gasteiger partial charge in [-0.25, -0.2) is 0 Å². The van der Waals surface area contributed by atoms with Crippen molar-refractivity contribution < 1.29 is 14.4 Å². The molecule has 0 rings (SSSR count). The fourth-order valence-electron chi connectivity index (χ4n) is 1.35. The minimum Gasteiger partial charge on any atom is -0.351 e. The van der Waals surface area contributed by atoms with Gasteiger partial charge in [0.2, 0.25) is 11.8 Å². The maximum Gasteiger partial charge on any atom is 0.246 e. The number of hydrogen-bond acceptors (Lipinski definition) is 4. The van der Waals surface area contributed by atoms with Gasteiger partial charge in [0, 0.05) is 26.2 Å². The van der Waals surface area contributed by atoms with Crippen molar-refractivity contribution in [3.05, 3.63) is 38.0 Å². The van der Waals surface area contributed by atoms with Gasteiger partial charge in [-0.15, -0.1) is 0 Å². The number of nitrogens with zero attached hydrogens (tertiary/aromatic N) is 1. The van der Waals surface area contributed by atoms with Crippen LogP contribution in [0.5, 0.6) is 0 Å². The molecule has 0 fully saturated rings. The number of carbonyl (C=O) groups is 3. The number of nitrogens with one attached hydrogen (secondary N) is 2. The van der Waals surface area contributed by atoms with Gasteiger partial charge in [-0.1, -0.05) is 19.7 Å². The van der Waals surface area contributed by atoms with Crippen molar-refractivity contribution in [3.8, 4) is 0 Å². The van der Waals surface area contributed by atoms with E-state index in [0.29, 0.717) is 26.2 Å². The van der Waals surface area contributed by atoms with E-state index in [1.165, 1.54) is 23.1 Å². The van der Waals surface area contributed by atoms with E-state index in [4.69, 9.17) is 0 Å². The first kappa shape index (κ1) is 17.8. The standard InChI is InChI=1S/C14H21N3O3/c1-4-12(18)11-15-7-9-17(14(20)6-3)10-8-16-13(19)5-2/h4-6,15H,1-3,7-11H2,(H,16,19). The predicted molar refractivity (Wildman–Crippen MR) is 78.1 cm³/mol. The van der Waals surface area contributed by atoms with Gasteiger partial charge in [0.25, 0.3) is 0 Å². The number of rotatable bonds is 11. The fourth-order valence-corrected chi connectivity index (χ4v) is 1.35. The normalized spacial score (nSPS) is 9.40. The van der Waals surface area contributed by atoms with Gasteiger partial charge in [0.05, 0.1) is 6.54 Å². The van der Waals surface area contributed by atoms with E-state index >= 15 is 0 Å². The van der Waals surface area contributed by atoms with Crippen molar-refractivity contribution >= 4 is 17.6 Å². The first-order valence-corrected chi connectivity index (χ1v) is 6.22. The third kappa shape index (κ3) is 7.99. The molecule has 0 spiro atoms. The second-order valence-electron chi connectivity index (χ2n) is 3.87. The molecule has 0 aromatic rings.